The van der Waals surface area contributed by atoms with Gasteiger partial charge in [0.05, 0.1) is 12.0 Å². The highest BCUT2D eigenvalue weighted by atomic mass is 16.5. The minimum absolute atomic E-state index is 0.00498. The van der Waals surface area contributed by atoms with Gasteiger partial charge in [0.15, 0.2) is 5.84 Å². The zero-order chi connectivity index (χ0) is 14.3. The first-order valence-electron chi connectivity index (χ1n) is 7.01. The van der Waals surface area contributed by atoms with Crippen molar-refractivity contribution in [3.8, 4) is 0 Å². The number of likely N-dealkylation sites (tertiary alicyclic amines) is 1. The van der Waals surface area contributed by atoms with Gasteiger partial charge in [-0.3, -0.25) is 4.79 Å². The maximum Gasteiger partial charge on any atom is 0.233 e. The molecule has 1 amide bonds. The number of ether oxygens (including phenoxy) is 1. The molecule has 0 aliphatic carbocycles. The third-order valence-electron chi connectivity index (χ3n) is 3.44. The van der Waals surface area contributed by atoms with E-state index in [2.05, 4.69) is 5.16 Å². The van der Waals surface area contributed by atoms with Crippen LogP contribution in [0.1, 0.15) is 39.5 Å². The molecule has 1 rings (SSSR count). The highest BCUT2D eigenvalue weighted by Gasteiger charge is 2.31. The van der Waals surface area contributed by atoms with Crippen LogP contribution in [-0.4, -0.2) is 47.7 Å². The molecule has 0 aromatic rings. The first kappa shape index (κ1) is 15.8. The van der Waals surface area contributed by atoms with Crippen LogP contribution in [-0.2, 0) is 9.53 Å². The number of piperidine rings is 1. The van der Waals surface area contributed by atoms with Crippen LogP contribution in [0, 0.1) is 5.92 Å². The highest BCUT2D eigenvalue weighted by Crippen LogP contribution is 2.18. The zero-order valence-corrected chi connectivity index (χ0v) is 11.8. The van der Waals surface area contributed by atoms with Crippen LogP contribution in [0.5, 0.6) is 0 Å². The third kappa shape index (κ3) is 4.38. The Morgan fingerprint density at radius 3 is 2.89 bits per heavy atom. The van der Waals surface area contributed by atoms with E-state index < -0.39 is 5.92 Å². The summed E-state index contributed by atoms with van der Waals surface area (Å²) in [6, 6.07) is 0. The number of hydrogen-bond donors (Lipinski definition) is 2. The molecule has 0 spiro atoms. The molecule has 1 heterocycles. The summed E-state index contributed by atoms with van der Waals surface area (Å²) < 4.78 is 5.58. The molecule has 2 atom stereocenters. The van der Waals surface area contributed by atoms with E-state index in [0.29, 0.717) is 19.6 Å². The third-order valence-corrected chi connectivity index (χ3v) is 3.44. The van der Waals surface area contributed by atoms with Crippen molar-refractivity contribution >= 4 is 11.7 Å². The molecule has 3 N–H and O–H groups in total. The van der Waals surface area contributed by atoms with Gasteiger partial charge in [0, 0.05) is 19.7 Å². The van der Waals surface area contributed by atoms with E-state index in [4.69, 9.17) is 15.7 Å². The van der Waals surface area contributed by atoms with E-state index in [1.807, 2.05) is 13.8 Å². The Kier molecular flexibility index (Phi) is 6.62. The molecule has 1 aliphatic heterocycles. The number of carbonyl (C=O) groups is 1. The molecular weight excluding hydrogens is 246 g/mol. The number of amidine groups is 1. The Morgan fingerprint density at radius 2 is 2.32 bits per heavy atom. The van der Waals surface area contributed by atoms with Gasteiger partial charge in [-0.1, -0.05) is 18.5 Å². The molecule has 110 valence electrons. The number of carbonyl (C=O) groups excluding carboxylic acids is 1. The largest absolute Gasteiger partial charge is 0.409 e. The van der Waals surface area contributed by atoms with Gasteiger partial charge < -0.3 is 20.6 Å². The normalized spacial score (nSPS) is 22.3. The molecule has 0 radical (unpaired) electrons. The molecule has 0 bridgehead atoms. The Morgan fingerprint density at radius 1 is 1.58 bits per heavy atom. The highest BCUT2D eigenvalue weighted by molar-refractivity contribution is 6.02. The lowest BCUT2D eigenvalue weighted by Crippen LogP contribution is -2.48. The van der Waals surface area contributed by atoms with Crippen molar-refractivity contribution in [2.45, 2.75) is 45.6 Å². The predicted octanol–water partition coefficient (Wildman–Crippen LogP) is 1.18. The van der Waals surface area contributed by atoms with Crippen molar-refractivity contribution in [2.24, 2.45) is 16.8 Å². The molecule has 0 aromatic carbocycles. The van der Waals surface area contributed by atoms with E-state index >= 15 is 0 Å². The molecule has 6 nitrogen and oxygen atoms in total. The van der Waals surface area contributed by atoms with Crippen LogP contribution in [0.2, 0.25) is 0 Å². The van der Waals surface area contributed by atoms with Gasteiger partial charge in [-0.05, 0) is 26.2 Å². The van der Waals surface area contributed by atoms with E-state index in [0.717, 1.165) is 25.8 Å². The minimum atomic E-state index is -0.518. The van der Waals surface area contributed by atoms with Crippen molar-refractivity contribution in [1.82, 2.24) is 4.90 Å². The molecule has 0 aromatic heterocycles. The Balaban J connectivity index is 2.67. The summed E-state index contributed by atoms with van der Waals surface area (Å²) in [5.41, 5.74) is 5.63. The van der Waals surface area contributed by atoms with E-state index in [-0.39, 0.29) is 17.8 Å². The van der Waals surface area contributed by atoms with Gasteiger partial charge in [0.2, 0.25) is 5.91 Å². The second-order valence-electron chi connectivity index (χ2n) is 4.87. The number of amides is 1. The average Bonchev–Trinajstić information content (AvgIpc) is 2.44. The van der Waals surface area contributed by atoms with Crippen molar-refractivity contribution in [2.75, 3.05) is 19.7 Å². The van der Waals surface area contributed by atoms with Crippen LogP contribution in [0.4, 0.5) is 0 Å². The average molecular weight is 271 g/mol. The maximum absolute atomic E-state index is 12.4. The first-order valence-corrected chi connectivity index (χ1v) is 7.01. The Labute approximate surface area is 114 Å². The Hall–Kier alpha value is -1.30. The summed E-state index contributed by atoms with van der Waals surface area (Å²) in [7, 11) is 0. The number of hydrogen-bond acceptors (Lipinski definition) is 4. The molecule has 1 fully saturated rings. The fraction of sp³-hybridized carbons (Fsp3) is 0.846. The van der Waals surface area contributed by atoms with Crippen LogP contribution in [0.15, 0.2) is 5.16 Å². The van der Waals surface area contributed by atoms with Gasteiger partial charge >= 0.3 is 0 Å². The monoisotopic (exact) mass is 271 g/mol. The lowest BCUT2D eigenvalue weighted by Gasteiger charge is -2.34. The summed E-state index contributed by atoms with van der Waals surface area (Å²) in [6.07, 6.45) is 3.45. The molecule has 0 saturated carbocycles. The summed E-state index contributed by atoms with van der Waals surface area (Å²) >= 11 is 0. The molecule has 1 aliphatic rings. The van der Waals surface area contributed by atoms with Gasteiger partial charge in [0.25, 0.3) is 0 Å². The minimum Gasteiger partial charge on any atom is -0.409 e. The van der Waals surface area contributed by atoms with Crippen molar-refractivity contribution in [1.29, 1.82) is 0 Å². The van der Waals surface area contributed by atoms with Crippen LogP contribution >= 0.6 is 0 Å². The number of oxime groups is 1. The summed E-state index contributed by atoms with van der Waals surface area (Å²) in [5.74, 6) is -0.567. The quantitative estimate of drug-likeness (QED) is 0.328. The van der Waals surface area contributed by atoms with Crippen LogP contribution in [0.3, 0.4) is 0 Å². The first-order chi connectivity index (χ1) is 9.13. The maximum atomic E-state index is 12.4. The van der Waals surface area contributed by atoms with E-state index in [9.17, 15) is 4.79 Å². The second-order valence-corrected chi connectivity index (χ2v) is 4.87. The summed E-state index contributed by atoms with van der Waals surface area (Å²) in [6.45, 7) is 5.92. The fourth-order valence-corrected chi connectivity index (χ4v) is 2.49. The molecule has 19 heavy (non-hydrogen) atoms. The second kappa shape index (κ2) is 7.99. The van der Waals surface area contributed by atoms with E-state index in [1.54, 1.807) is 4.90 Å². The molecule has 6 heteroatoms. The van der Waals surface area contributed by atoms with Crippen molar-refractivity contribution in [3.63, 3.8) is 0 Å². The smallest absolute Gasteiger partial charge is 0.233 e. The lowest BCUT2D eigenvalue weighted by molar-refractivity contribution is -0.137. The van der Waals surface area contributed by atoms with Gasteiger partial charge in [-0.2, -0.15) is 0 Å². The summed E-state index contributed by atoms with van der Waals surface area (Å²) in [4.78, 5) is 14.2. The lowest BCUT2D eigenvalue weighted by atomic mass is 9.98. The zero-order valence-electron chi connectivity index (χ0n) is 11.8. The van der Waals surface area contributed by atoms with E-state index in [1.165, 1.54) is 0 Å². The predicted molar refractivity (Wildman–Crippen MR) is 73.0 cm³/mol. The fourth-order valence-electron chi connectivity index (χ4n) is 2.49. The number of rotatable bonds is 6. The molecule has 2 unspecified atom stereocenters. The number of nitrogens with two attached hydrogens (primary N) is 1. The SMILES string of the molecule is CCCC(C(=O)N1CCCC(OCC)C1)C(N)=NO. The van der Waals surface area contributed by atoms with Crippen LogP contribution in [0.25, 0.3) is 0 Å². The van der Waals surface area contributed by atoms with Crippen molar-refractivity contribution < 1.29 is 14.7 Å². The molecular formula is C13H25N3O3. The summed E-state index contributed by atoms with van der Waals surface area (Å²) in [5, 5.41) is 11.8. The standard InChI is InChI=1S/C13H25N3O3/c1-3-6-11(12(14)15-18)13(17)16-8-5-7-10(9-16)19-4-2/h10-11,18H,3-9H2,1-2H3,(H2,14,15). The van der Waals surface area contributed by atoms with Crippen molar-refractivity contribution in [3.05, 3.63) is 0 Å². The topological polar surface area (TPSA) is 88.2 Å². The van der Waals surface area contributed by atoms with Gasteiger partial charge in [0.1, 0.15) is 0 Å². The Bertz CT molecular complexity index is 318. The number of nitrogens with zero attached hydrogens (tertiary/aromatic N) is 2. The van der Waals surface area contributed by atoms with Crippen LogP contribution < -0.4 is 5.73 Å². The molecule has 1 saturated heterocycles. The van der Waals surface area contributed by atoms with Gasteiger partial charge in [-0.15, -0.1) is 0 Å². The van der Waals surface area contributed by atoms with Gasteiger partial charge in [-0.25, -0.2) is 0 Å².